The molecule has 0 fully saturated rings. The number of aromatic nitrogens is 5. The molecule has 0 radical (unpaired) electrons. The summed E-state index contributed by atoms with van der Waals surface area (Å²) < 4.78 is 1.75. The van der Waals surface area contributed by atoms with E-state index in [-0.39, 0.29) is 5.56 Å². The Balaban J connectivity index is 2.03. The van der Waals surface area contributed by atoms with Gasteiger partial charge in [-0.3, -0.25) is 14.5 Å². The summed E-state index contributed by atoms with van der Waals surface area (Å²) in [6, 6.07) is 1.65. The molecule has 3 aromatic rings. The van der Waals surface area contributed by atoms with Crippen LogP contribution in [0.5, 0.6) is 0 Å². The smallest absolute Gasteiger partial charge is 0.259 e. The van der Waals surface area contributed by atoms with Gasteiger partial charge in [0, 0.05) is 25.0 Å². The number of H-pyrrole nitrogens is 1. The van der Waals surface area contributed by atoms with Gasteiger partial charge in [-0.1, -0.05) is 0 Å². The molecular formula is C14H13N5O. The van der Waals surface area contributed by atoms with Crippen LogP contribution >= 0.6 is 0 Å². The van der Waals surface area contributed by atoms with Gasteiger partial charge in [-0.05, 0) is 25.1 Å². The SMILES string of the molecule is Cc1nn(C)cc1/C=C/c1nc2cnccc2c(=O)[nH]1. The van der Waals surface area contributed by atoms with Crippen LogP contribution in [0.15, 0.2) is 29.5 Å². The van der Waals surface area contributed by atoms with Crippen LogP contribution in [0.4, 0.5) is 0 Å². The average Bonchev–Trinajstić information content (AvgIpc) is 2.75. The maximum absolute atomic E-state index is 11.9. The molecule has 3 rings (SSSR count). The zero-order valence-electron chi connectivity index (χ0n) is 11.2. The van der Waals surface area contributed by atoms with E-state index < -0.39 is 0 Å². The lowest BCUT2D eigenvalue weighted by Gasteiger charge is -1.97. The van der Waals surface area contributed by atoms with Crippen molar-refractivity contribution in [2.24, 2.45) is 7.05 Å². The van der Waals surface area contributed by atoms with E-state index in [0.29, 0.717) is 16.7 Å². The molecule has 1 N–H and O–H groups in total. The van der Waals surface area contributed by atoms with Crippen molar-refractivity contribution in [2.75, 3.05) is 0 Å². The lowest BCUT2D eigenvalue weighted by atomic mass is 10.2. The lowest BCUT2D eigenvalue weighted by Crippen LogP contribution is -2.09. The van der Waals surface area contributed by atoms with Gasteiger partial charge in [-0.2, -0.15) is 5.10 Å². The van der Waals surface area contributed by atoms with Crippen LogP contribution in [0.25, 0.3) is 23.1 Å². The van der Waals surface area contributed by atoms with E-state index >= 15 is 0 Å². The molecule has 6 nitrogen and oxygen atoms in total. The molecular weight excluding hydrogens is 254 g/mol. The van der Waals surface area contributed by atoms with Crippen molar-refractivity contribution < 1.29 is 0 Å². The summed E-state index contributed by atoms with van der Waals surface area (Å²) >= 11 is 0. The van der Waals surface area contributed by atoms with Crippen LogP contribution in [-0.2, 0) is 7.05 Å². The van der Waals surface area contributed by atoms with Gasteiger partial charge in [0.05, 0.1) is 22.8 Å². The van der Waals surface area contributed by atoms with E-state index in [1.54, 1.807) is 29.2 Å². The zero-order chi connectivity index (χ0) is 14.1. The van der Waals surface area contributed by atoms with Gasteiger partial charge in [0.25, 0.3) is 5.56 Å². The highest BCUT2D eigenvalue weighted by Crippen LogP contribution is 2.10. The molecule has 0 spiro atoms. The molecule has 0 aliphatic rings. The van der Waals surface area contributed by atoms with Gasteiger partial charge in [0.2, 0.25) is 0 Å². The number of hydrogen-bond donors (Lipinski definition) is 1. The van der Waals surface area contributed by atoms with Gasteiger partial charge < -0.3 is 4.98 Å². The van der Waals surface area contributed by atoms with Crippen LogP contribution in [0.3, 0.4) is 0 Å². The Labute approximate surface area is 114 Å². The fraction of sp³-hybridized carbons (Fsp3) is 0.143. The van der Waals surface area contributed by atoms with Gasteiger partial charge in [0.15, 0.2) is 0 Å². The Morgan fingerprint density at radius 1 is 1.35 bits per heavy atom. The predicted octanol–water partition coefficient (Wildman–Crippen LogP) is 1.53. The van der Waals surface area contributed by atoms with Gasteiger partial charge >= 0.3 is 0 Å². The third-order valence-electron chi connectivity index (χ3n) is 3.00. The van der Waals surface area contributed by atoms with Crippen LogP contribution in [-0.4, -0.2) is 24.7 Å². The molecule has 0 atom stereocenters. The molecule has 0 saturated carbocycles. The van der Waals surface area contributed by atoms with E-state index in [2.05, 4.69) is 20.1 Å². The first-order valence-electron chi connectivity index (χ1n) is 6.16. The Kier molecular flexibility index (Phi) is 2.90. The number of hydrogen-bond acceptors (Lipinski definition) is 4. The highest BCUT2D eigenvalue weighted by atomic mass is 16.1. The Hall–Kier alpha value is -2.76. The molecule has 3 heterocycles. The van der Waals surface area contributed by atoms with Crippen molar-refractivity contribution >= 4 is 23.1 Å². The molecule has 0 aromatic carbocycles. The molecule has 0 amide bonds. The monoisotopic (exact) mass is 267 g/mol. The first-order valence-corrected chi connectivity index (χ1v) is 6.16. The predicted molar refractivity (Wildman–Crippen MR) is 77.0 cm³/mol. The van der Waals surface area contributed by atoms with Crippen LogP contribution < -0.4 is 5.56 Å². The molecule has 0 saturated heterocycles. The van der Waals surface area contributed by atoms with E-state index in [1.165, 1.54) is 0 Å². The molecule has 0 aliphatic carbocycles. The van der Waals surface area contributed by atoms with E-state index in [9.17, 15) is 4.79 Å². The maximum Gasteiger partial charge on any atom is 0.259 e. The van der Waals surface area contributed by atoms with Crippen molar-refractivity contribution in [1.82, 2.24) is 24.7 Å². The summed E-state index contributed by atoms with van der Waals surface area (Å²) in [5.41, 5.74) is 2.33. The first kappa shape index (κ1) is 12.3. The average molecular weight is 267 g/mol. The second-order valence-corrected chi connectivity index (χ2v) is 4.52. The minimum Gasteiger partial charge on any atom is -0.306 e. The fourth-order valence-corrected chi connectivity index (χ4v) is 2.04. The highest BCUT2D eigenvalue weighted by Gasteiger charge is 2.02. The Bertz CT molecular complexity index is 859. The minimum absolute atomic E-state index is 0.167. The number of aryl methyl sites for hydroxylation is 2. The summed E-state index contributed by atoms with van der Waals surface area (Å²) in [5, 5.41) is 4.79. The molecule has 0 unspecified atom stereocenters. The highest BCUT2D eigenvalue weighted by molar-refractivity contribution is 5.78. The molecule has 3 aromatic heterocycles. The maximum atomic E-state index is 11.9. The van der Waals surface area contributed by atoms with Crippen molar-refractivity contribution in [3.63, 3.8) is 0 Å². The second kappa shape index (κ2) is 4.73. The molecule has 0 bridgehead atoms. The molecule has 6 heteroatoms. The molecule has 20 heavy (non-hydrogen) atoms. The van der Waals surface area contributed by atoms with Crippen LogP contribution in [0.2, 0.25) is 0 Å². The molecule has 100 valence electrons. The quantitative estimate of drug-likeness (QED) is 0.764. The van der Waals surface area contributed by atoms with Crippen molar-refractivity contribution in [1.29, 1.82) is 0 Å². The minimum atomic E-state index is -0.167. The van der Waals surface area contributed by atoms with Crippen molar-refractivity contribution in [3.8, 4) is 0 Å². The fourth-order valence-electron chi connectivity index (χ4n) is 2.04. The standard InChI is InChI=1S/C14H13N5O/c1-9-10(8-19(2)18-9)3-4-13-16-12-7-15-6-5-11(12)14(20)17-13/h3-8H,1-2H3,(H,16,17,20)/b4-3+. The Morgan fingerprint density at radius 2 is 2.20 bits per heavy atom. The Morgan fingerprint density at radius 3 is 2.95 bits per heavy atom. The summed E-state index contributed by atoms with van der Waals surface area (Å²) in [6.07, 6.45) is 8.71. The first-order chi connectivity index (χ1) is 9.63. The van der Waals surface area contributed by atoms with Crippen molar-refractivity contribution in [2.45, 2.75) is 6.92 Å². The largest absolute Gasteiger partial charge is 0.306 e. The number of rotatable bonds is 2. The normalized spacial score (nSPS) is 11.5. The van der Waals surface area contributed by atoms with E-state index in [4.69, 9.17) is 0 Å². The number of nitrogens with one attached hydrogen (secondary N) is 1. The van der Waals surface area contributed by atoms with Gasteiger partial charge in [0.1, 0.15) is 5.82 Å². The van der Waals surface area contributed by atoms with Crippen LogP contribution in [0, 0.1) is 6.92 Å². The second-order valence-electron chi connectivity index (χ2n) is 4.52. The van der Waals surface area contributed by atoms with Crippen molar-refractivity contribution in [3.05, 3.63) is 52.1 Å². The third-order valence-corrected chi connectivity index (χ3v) is 3.00. The summed E-state index contributed by atoms with van der Waals surface area (Å²) in [5.74, 6) is 0.499. The topological polar surface area (TPSA) is 76.5 Å². The number of pyridine rings is 1. The van der Waals surface area contributed by atoms with E-state index in [0.717, 1.165) is 11.3 Å². The summed E-state index contributed by atoms with van der Waals surface area (Å²) in [6.45, 7) is 1.93. The van der Waals surface area contributed by atoms with Gasteiger partial charge in [-0.15, -0.1) is 0 Å². The van der Waals surface area contributed by atoms with Crippen LogP contribution in [0.1, 0.15) is 17.1 Å². The van der Waals surface area contributed by atoms with Gasteiger partial charge in [-0.25, -0.2) is 4.98 Å². The molecule has 0 aliphatic heterocycles. The number of nitrogens with zero attached hydrogens (tertiary/aromatic N) is 4. The third kappa shape index (κ3) is 2.23. The summed E-state index contributed by atoms with van der Waals surface area (Å²) in [7, 11) is 1.87. The zero-order valence-corrected chi connectivity index (χ0v) is 11.2. The number of aromatic amines is 1. The summed E-state index contributed by atoms with van der Waals surface area (Å²) in [4.78, 5) is 23.0. The number of fused-ring (bicyclic) bond motifs is 1. The lowest BCUT2D eigenvalue weighted by molar-refractivity contribution is 0.756. The van der Waals surface area contributed by atoms with E-state index in [1.807, 2.05) is 26.2 Å².